The maximum Gasteiger partial charge on any atom is 0.407 e. The molecule has 18 heavy (non-hydrogen) atoms. The molecular weight excluding hydrogens is 279 g/mol. The number of carbonyl (C=O) groups is 2. The summed E-state index contributed by atoms with van der Waals surface area (Å²) in [5, 5.41) is 5.66. The van der Waals surface area contributed by atoms with Crippen LogP contribution < -0.4 is 10.6 Å². The molecule has 0 saturated heterocycles. The van der Waals surface area contributed by atoms with E-state index in [1.165, 1.54) is 0 Å². The molecule has 0 atom stereocenters. The first-order valence-electron chi connectivity index (χ1n) is 5.18. The highest BCUT2D eigenvalue weighted by Crippen LogP contribution is 2.22. The number of amides is 2. The average Bonchev–Trinajstić information content (AvgIpc) is 2.25. The third-order valence-electron chi connectivity index (χ3n) is 1.82. The zero-order chi connectivity index (χ0) is 13.5. The third kappa shape index (κ3) is 5.25. The number of nitrogens with one attached hydrogen (secondary N) is 2. The lowest BCUT2D eigenvalue weighted by Crippen LogP contribution is -2.33. The highest BCUT2D eigenvalue weighted by atomic mass is 35.5. The first-order chi connectivity index (χ1) is 8.51. The van der Waals surface area contributed by atoms with Crippen LogP contribution in [0.4, 0.5) is 10.5 Å². The minimum Gasteiger partial charge on any atom is -0.450 e. The summed E-state index contributed by atoms with van der Waals surface area (Å²) < 4.78 is 4.61. The smallest absolute Gasteiger partial charge is 0.407 e. The number of rotatable bonds is 4. The number of carbonyl (C=O) groups excluding carboxylic acids is 2. The molecule has 1 rings (SSSR count). The van der Waals surface area contributed by atoms with Gasteiger partial charge in [-0.1, -0.05) is 23.2 Å². The van der Waals surface area contributed by atoms with Crippen LogP contribution in [0.2, 0.25) is 10.0 Å². The number of benzene rings is 1. The standard InChI is InChI=1S/C11H12Cl2N2O3/c1-2-18-11(17)14-6-10(16)15-9-4-7(12)3-8(13)5-9/h3-5H,2,6H2,1H3,(H,14,17)(H,15,16). The summed E-state index contributed by atoms with van der Waals surface area (Å²) in [4.78, 5) is 22.4. The van der Waals surface area contributed by atoms with Gasteiger partial charge >= 0.3 is 6.09 Å². The van der Waals surface area contributed by atoms with Crippen molar-refractivity contribution in [3.63, 3.8) is 0 Å². The van der Waals surface area contributed by atoms with E-state index in [0.29, 0.717) is 15.7 Å². The lowest BCUT2D eigenvalue weighted by atomic mass is 10.3. The average molecular weight is 291 g/mol. The summed E-state index contributed by atoms with van der Waals surface area (Å²) in [7, 11) is 0. The predicted molar refractivity (Wildman–Crippen MR) is 70.1 cm³/mol. The maximum atomic E-state index is 11.5. The molecule has 7 heteroatoms. The quantitative estimate of drug-likeness (QED) is 0.896. The van der Waals surface area contributed by atoms with E-state index in [2.05, 4.69) is 15.4 Å². The summed E-state index contributed by atoms with van der Waals surface area (Å²) in [5.41, 5.74) is 0.461. The van der Waals surface area contributed by atoms with Crippen molar-refractivity contribution < 1.29 is 14.3 Å². The molecule has 0 spiro atoms. The lowest BCUT2D eigenvalue weighted by molar-refractivity contribution is -0.115. The van der Waals surface area contributed by atoms with Gasteiger partial charge in [-0.25, -0.2) is 4.79 Å². The third-order valence-corrected chi connectivity index (χ3v) is 2.25. The Balaban J connectivity index is 2.47. The van der Waals surface area contributed by atoms with Crippen molar-refractivity contribution in [1.29, 1.82) is 0 Å². The Kier molecular flexibility index (Phi) is 5.74. The Bertz CT molecular complexity index is 432. The molecule has 0 bridgehead atoms. The summed E-state index contributed by atoms with van der Waals surface area (Å²) in [6, 6.07) is 4.65. The van der Waals surface area contributed by atoms with Gasteiger partial charge in [0, 0.05) is 15.7 Å². The number of halogens is 2. The minimum absolute atomic E-state index is 0.192. The first kappa shape index (κ1) is 14.6. The second kappa shape index (κ2) is 7.08. The van der Waals surface area contributed by atoms with Crippen molar-refractivity contribution in [2.24, 2.45) is 0 Å². The second-order valence-corrected chi connectivity index (χ2v) is 4.15. The number of alkyl carbamates (subject to hydrolysis) is 1. The van der Waals surface area contributed by atoms with Gasteiger partial charge < -0.3 is 15.4 Å². The molecule has 5 nitrogen and oxygen atoms in total. The molecular formula is C11H12Cl2N2O3. The Morgan fingerprint density at radius 2 is 1.83 bits per heavy atom. The second-order valence-electron chi connectivity index (χ2n) is 3.28. The lowest BCUT2D eigenvalue weighted by Gasteiger charge is -2.07. The Morgan fingerprint density at radius 1 is 1.22 bits per heavy atom. The van der Waals surface area contributed by atoms with E-state index in [1.807, 2.05) is 0 Å². The largest absolute Gasteiger partial charge is 0.450 e. The van der Waals surface area contributed by atoms with Crippen LogP contribution >= 0.6 is 23.2 Å². The van der Waals surface area contributed by atoms with E-state index in [9.17, 15) is 9.59 Å². The van der Waals surface area contributed by atoms with Gasteiger partial charge in [0.2, 0.25) is 5.91 Å². The molecule has 0 aliphatic heterocycles. The van der Waals surface area contributed by atoms with Gasteiger partial charge in [-0.15, -0.1) is 0 Å². The van der Waals surface area contributed by atoms with Gasteiger partial charge in [-0.05, 0) is 25.1 Å². The Hall–Kier alpha value is -1.46. The highest BCUT2D eigenvalue weighted by molar-refractivity contribution is 6.35. The number of anilines is 1. The highest BCUT2D eigenvalue weighted by Gasteiger charge is 2.07. The first-order valence-corrected chi connectivity index (χ1v) is 5.93. The van der Waals surface area contributed by atoms with E-state index in [0.717, 1.165) is 0 Å². The van der Waals surface area contributed by atoms with Crippen molar-refractivity contribution in [3.8, 4) is 0 Å². The minimum atomic E-state index is -0.642. The zero-order valence-electron chi connectivity index (χ0n) is 9.63. The Labute approximate surface area is 114 Å². The van der Waals surface area contributed by atoms with Crippen LogP contribution in [0.1, 0.15) is 6.92 Å². The van der Waals surface area contributed by atoms with E-state index < -0.39 is 12.0 Å². The van der Waals surface area contributed by atoms with E-state index in [1.54, 1.807) is 25.1 Å². The zero-order valence-corrected chi connectivity index (χ0v) is 11.1. The molecule has 0 unspecified atom stereocenters. The van der Waals surface area contributed by atoms with Crippen LogP contribution in [0.5, 0.6) is 0 Å². The molecule has 0 aromatic heterocycles. The molecule has 0 heterocycles. The molecule has 0 aliphatic carbocycles. The van der Waals surface area contributed by atoms with E-state index >= 15 is 0 Å². The molecule has 2 N–H and O–H groups in total. The van der Waals surface area contributed by atoms with Crippen LogP contribution in [-0.4, -0.2) is 25.2 Å². The molecule has 0 radical (unpaired) electrons. The van der Waals surface area contributed by atoms with Crippen LogP contribution in [0.3, 0.4) is 0 Å². The fraction of sp³-hybridized carbons (Fsp3) is 0.273. The van der Waals surface area contributed by atoms with Crippen molar-refractivity contribution >= 4 is 40.9 Å². The van der Waals surface area contributed by atoms with E-state index in [4.69, 9.17) is 23.2 Å². The van der Waals surface area contributed by atoms with Crippen molar-refractivity contribution in [2.75, 3.05) is 18.5 Å². The number of ether oxygens (including phenoxy) is 1. The van der Waals surface area contributed by atoms with Crippen LogP contribution in [0.15, 0.2) is 18.2 Å². The normalized spacial score (nSPS) is 9.72. The Morgan fingerprint density at radius 3 is 2.39 bits per heavy atom. The summed E-state index contributed by atoms with van der Waals surface area (Å²) >= 11 is 11.6. The number of hydrogen-bond donors (Lipinski definition) is 2. The SMILES string of the molecule is CCOC(=O)NCC(=O)Nc1cc(Cl)cc(Cl)c1. The topological polar surface area (TPSA) is 67.4 Å². The van der Waals surface area contributed by atoms with Gasteiger partial charge in [0.1, 0.15) is 6.54 Å². The fourth-order valence-electron chi connectivity index (χ4n) is 1.17. The van der Waals surface area contributed by atoms with Gasteiger partial charge in [-0.2, -0.15) is 0 Å². The summed E-state index contributed by atoms with van der Waals surface area (Å²) in [6.07, 6.45) is -0.642. The van der Waals surface area contributed by atoms with Crippen molar-refractivity contribution in [2.45, 2.75) is 6.92 Å². The molecule has 1 aromatic carbocycles. The van der Waals surface area contributed by atoms with Gasteiger partial charge in [0.25, 0.3) is 0 Å². The molecule has 0 saturated carbocycles. The monoisotopic (exact) mass is 290 g/mol. The van der Waals surface area contributed by atoms with Crippen LogP contribution in [-0.2, 0) is 9.53 Å². The molecule has 1 aromatic rings. The van der Waals surface area contributed by atoms with Gasteiger partial charge in [0.05, 0.1) is 6.61 Å². The predicted octanol–water partition coefficient (Wildman–Crippen LogP) is 2.68. The molecule has 0 fully saturated rings. The van der Waals surface area contributed by atoms with Gasteiger partial charge in [-0.3, -0.25) is 4.79 Å². The van der Waals surface area contributed by atoms with Crippen molar-refractivity contribution in [1.82, 2.24) is 5.32 Å². The molecule has 2 amide bonds. The molecule has 98 valence electrons. The maximum absolute atomic E-state index is 11.5. The summed E-state index contributed by atoms with van der Waals surface area (Å²) in [5.74, 6) is -0.401. The van der Waals surface area contributed by atoms with Crippen LogP contribution in [0, 0.1) is 0 Å². The van der Waals surface area contributed by atoms with Crippen LogP contribution in [0.25, 0.3) is 0 Å². The van der Waals surface area contributed by atoms with Crippen molar-refractivity contribution in [3.05, 3.63) is 28.2 Å². The van der Waals surface area contributed by atoms with E-state index in [-0.39, 0.29) is 13.2 Å². The number of hydrogen-bond acceptors (Lipinski definition) is 3. The molecule has 0 aliphatic rings. The fourth-order valence-corrected chi connectivity index (χ4v) is 1.69. The summed E-state index contributed by atoms with van der Waals surface area (Å²) in [6.45, 7) is 1.73. The van der Waals surface area contributed by atoms with Gasteiger partial charge in [0.15, 0.2) is 0 Å².